The van der Waals surface area contributed by atoms with Crippen molar-refractivity contribution in [1.82, 2.24) is 10.9 Å². The minimum absolute atomic E-state index is 0.176. The molecular weight excluding hydrogens is 314 g/mol. The first-order valence-electron chi connectivity index (χ1n) is 7.86. The second-order valence-electron chi connectivity index (χ2n) is 5.40. The van der Waals surface area contributed by atoms with Crippen molar-refractivity contribution in [2.45, 2.75) is 32.0 Å². The van der Waals surface area contributed by atoms with E-state index in [0.29, 0.717) is 18.9 Å². The van der Waals surface area contributed by atoms with E-state index in [1.54, 1.807) is 12.1 Å². The summed E-state index contributed by atoms with van der Waals surface area (Å²) in [5.74, 6) is 0. The molecule has 8 heteroatoms. The topological polar surface area (TPSA) is 97.9 Å². The molecular formula is C16H23N3O5. The monoisotopic (exact) mass is 337 g/mol. The Labute approximate surface area is 140 Å². The van der Waals surface area contributed by atoms with Gasteiger partial charge in [0.25, 0.3) is 0 Å². The van der Waals surface area contributed by atoms with E-state index in [4.69, 9.17) is 9.47 Å². The van der Waals surface area contributed by atoms with Crippen LogP contribution in [0.1, 0.15) is 24.8 Å². The molecule has 1 fully saturated rings. The molecule has 1 aliphatic rings. The zero-order chi connectivity index (χ0) is 17.2. The Morgan fingerprint density at radius 2 is 2.17 bits per heavy atom. The van der Waals surface area contributed by atoms with E-state index in [2.05, 4.69) is 20.9 Å². The molecule has 3 amide bonds. The maximum atomic E-state index is 11.6. The van der Waals surface area contributed by atoms with Crippen molar-refractivity contribution >= 4 is 17.8 Å². The Bertz CT molecular complexity index is 546. The van der Waals surface area contributed by atoms with Crippen LogP contribution < -0.4 is 16.2 Å². The Balaban J connectivity index is 1.73. The van der Waals surface area contributed by atoms with Crippen LogP contribution in [0.5, 0.6) is 0 Å². The second-order valence-corrected chi connectivity index (χ2v) is 5.40. The van der Waals surface area contributed by atoms with Gasteiger partial charge in [0.1, 0.15) is 0 Å². The summed E-state index contributed by atoms with van der Waals surface area (Å²) in [5.41, 5.74) is 5.77. The molecule has 132 valence electrons. The van der Waals surface area contributed by atoms with Gasteiger partial charge in [-0.3, -0.25) is 0 Å². The van der Waals surface area contributed by atoms with Gasteiger partial charge in [0.05, 0.1) is 26.4 Å². The van der Waals surface area contributed by atoms with E-state index in [1.165, 1.54) is 13.5 Å². The van der Waals surface area contributed by atoms with Crippen molar-refractivity contribution in [1.29, 1.82) is 0 Å². The summed E-state index contributed by atoms with van der Waals surface area (Å²) in [4.78, 5) is 22.5. The molecule has 0 spiro atoms. The minimum atomic E-state index is -0.753. The number of carbonyl (C=O) groups is 2. The van der Waals surface area contributed by atoms with Gasteiger partial charge in [-0.05, 0) is 37.0 Å². The molecule has 0 radical (unpaired) electrons. The fourth-order valence-corrected chi connectivity index (χ4v) is 2.31. The molecule has 0 saturated carbocycles. The number of nitrogens with one attached hydrogen (secondary N) is 3. The standard InChI is InChI=1S/C16H23N3O5/c1-22-16(21)19-18-15(20)17-13-6-4-5-12(9-13)10-23-11-14-7-2-3-8-24-14/h4-6,9,14H,2-3,7-8,10-11H2,1H3,(H,19,21)(H2,17,18,20)/t14-/m1/s1. The van der Waals surface area contributed by atoms with Crippen molar-refractivity contribution in [2.75, 3.05) is 25.6 Å². The van der Waals surface area contributed by atoms with Crippen molar-refractivity contribution in [3.8, 4) is 0 Å². The van der Waals surface area contributed by atoms with E-state index in [9.17, 15) is 9.59 Å². The van der Waals surface area contributed by atoms with Crippen LogP contribution in [0.25, 0.3) is 0 Å². The van der Waals surface area contributed by atoms with Gasteiger partial charge in [-0.1, -0.05) is 12.1 Å². The lowest BCUT2D eigenvalue weighted by molar-refractivity contribution is -0.0447. The largest absolute Gasteiger partial charge is 0.452 e. The summed E-state index contributed by atoms with van der Waals surface area (Å²) in [6, 6.07) is 6.70. The molecule has 1 atom stereocenters. The molecule has 1 aliphatic heterocycles. The average Bonchev–Trinajstić information content (AvgIpc) is 2.61. The van der Waals surface area contributed by atoms with Gasteiger partial charge < -0.3 is 19.5 Å². The number of hydrogen-bond donors (Lipinski definition) is 3. The molecule has 1 aromatic carbocycles. The zero-order valence-electron chi connectivity index (χ0n) is 13.7. The van der Waals surface area contributed by atoms with Crippen LogP contribution >= 0.6 is 0 Å². The fraction of sp³-hybridized carbons (Fsp3) is 0.500. The number of ether oxygens (including phenoxy) is 3. The highest BCUT2D eigenvalue weighted by Crippen LogP contribution is 2.15. The molecule has 8 nitrogen and oxygen atoms in total. The molecule has 2 rings (SSSR count). The summed E-state index contributed by atoms with van der Waals surface area (Å²) in [5, 5.41) is 2.60. The first-order chi connectivity index (χ1) is 11.7. The molecule has 1 heterocycles. The smallest absolute Gasteiger partial charge is 0.425 e. The summed E-state index contributed by atoms with van der Waals surface area (Å²) in [6.07, 6.45) is 2.77. The summed E-state index contributed by atoms with van der Waals surface area (Å²) in [6.45, 7) is 1.82. The second kappa shape index (κ2) is 9.74. The Morgan fingerprint density at radius 1 is 1.29 bits per heavy atom. The van der Waals surface area contributed by atoms with Crippen LogP contribution in [-0.2, 0) is 20.8 Å². The molecule has 0 aliphatic carbocycles. The highest BCUT2D eigenvalue weighted by molar-refractivity contribution is 5.90. The van der Waals surface area contributed by atoms with Crippen molar-refractivity contribution in [3.05, 3.63) is 29.8 Å². The van der Waals surface area contributed by atoms with Crippen LogP contribution in [0.15, 0.2) is 24.3 Å². The van der Waals surface area contributed by atoms with E-state index in [1.807, 2.05) is 12.1 Å². The average molecular weight is 337 g/mol. The quantitative estimate of drug-likeness (QED) is 0.715. The van der Waals surface area contributed by atoms with Gasteiger partial charge in [-0.15, -0.1) is 0 Å². The predicted octanol–water partition coefficient (Wildman–Crippen LogP) is 2.16. The lowest BCUT2D eigenvalue weighted by atomic mass is 10.1. The SMILES string of the molecule is COC(=O)NNC(=O)Nc1cccc(COC[C@H]2CCCCO2)c1. The van der Waals surface area contributed by atoms with Gasteiger partial charge in [0.15, 0.2) is 0 Å². The van der Waals surface area contributed by atoms with Crippen LogP contribution in [0.2, 0.25) is 0 Å². The number of hydrogen-bond acceptors (Lipinski definition) is 5. The number of carbonyl (C=O) groups excluding carboxylic acids is 2. The van der Waals surface area contributed by atoms with Gasteiger partial charge in [0, 0.05) is 12.3 Å². The van der Waals surface area contributed by atoms with Crippen LogP contribution in [0, 0.1) is 0 Å². The molecule has 3 N–H and O–H groups in total. The van der Waals surface area contributed by atoms with Crippen molar-refractivity contribution < 1.29 is 23.8 Å². The lowest BCUT2D eigenvalue weighted by Gasteiger charge is -2.22. The summed E-state index contributed by atoms with van der Waals surface area (Å²) >= 11 is 0. The van der Waals surface area contributed by atoms with E-state index >= 15 is 0 Å². The number of anilines is 1. The third-order valence-electron chi connectivity index (χ3n) is 3.49. The Hall–Kier alpha value is -2.32. The minimum Gasteiger partial charge on any atom is -0.452 e. The third kappa shape index (κ3) is 6.43. The maximum Gasteiger partial charge on any atom is 0.425 e. The Kier molecular flexibility index (Phi) is 7.31. The fourth-order valence-electron chi connectivity index (χ4n) is 2.31. The van der Waals surface area contributed by atoms with Gasteiger partial charge in [-0.2, -0.15) is 0 Å². The van der Waals surface area contributed by atoms with Crippen molar-refractivity contribution in [3.63, 3.8) is 0 Å². The molecule has 1 saturated heterocycles. The first-order valence-corrected chi connectivity index (χ1v) is 7.86. The molecule has 24 heavy (non-hydrogen) atoms. The highest BCUT2D eigenvalue weighted by atomic mass is 16.5. The van der Waals surface area contributed by atoms with Gasteiger partial charge >= 0.3 is 12.1 Å². The van der Waals surface area contributed by atoms with Crippen LogP contribution in [-0.4, -0.2) is 38.6 Å². The van der Waals surface area contributed by atoms with E-state index in [-0.39, 0.29) is 6.10 Å². The van der Waals surface area contributed by atoms with Gasteiger partial charge in [0.2, 0.25) is 0 Å². The molecule has 0 unspecified atom stereocenters. The normalized spacial score (nSPS) is 17.0. The predicted molar refractivity (Wildman–Crippen MR) is 87.4 cm³/mol. The van der Waals surface area contributed by atoms with Crippen molar-refractivity contribution in [2.24, 2.45) is 0 Å². The highest BCUT2D eigenvalue weighted by Gasteiger charge is 2.13. The third-order valence-corrected chi connectivity index (χ3v) is 3.49. The molecule has 1 aromatic rings. The van der Waals surface area contributed by atoms with E-state index in [0.717, 1.165) is 25.0 Å². The number of methoxy groups -OCH3 is 1. The summed E-state index contributed by atoms with van der Waals surface area (Å²) in [7, 11) is 1.21. The number of benzene rings is 1. The number of rotatable bonds is 5. The Morgan fingerprint density at radius 3 is 2.92 bits per heavy atom. The maximum absolute atomic E-state index is 11.6. The number of hydrazine groups is 1. The number of amides is 3. The summed E-state index contributed by atoms with van der Waals surface area (Å²) < 4.78 is 15.6. The van der Waals surface area contributed by atoms with Gasteiger partial charge in [-0.25, -0.2) is 20.4 Å². The molecule has 0 bridgehead atoms. The lowest BCUT2D eigenvalue weighted by Crippen LogP contribution is -2.43. The molecule has 0 aromatic heterocycles. The van der Waals surface area contributed by atoms with Crippen LogP contribution in [0.3, 0.4) is 0 Å². The first kappa shape index (κ1) is 18.0. The number of urea groups is 1. The van der Waals surface area contributed by atoms with Crippen LogP contribution in [0.4, 0.5) is 15.3 Å². The van der Waals surface area contributed by atoms with E-state index < -0.39 is 12.1 Å². The zero-order valence-corrected chi connectivity index (χ0v) is 13.7.